The summed E-state index contributed by atoms with van der Waals surface area (Å²) in [5.41, 5.74) is 0. The molecule has 10 heteroatoms. The van der Waals surface area contributed by atoms with Gasteiger partial charge in [0.15, 0.2) is 0 Å². The molecular formula is C28H43N3O6S. The summed E-state index contributed by atoms with van der Waals surface area (Å²) in [7, 11) is 0. The highest BCUT2D eigenvalue weighted by Gasteiger charge is 2.77. The third-order valence-electron chi connectivity index (χ3n) is 8.78. The third-order valence-corrected chi connectivity index (χ3v) is 10.9. The van der Waals surface area contributed by atoms with E-state index in [0.29, 0.717) is 45.7 Å². The number of morpholine rings is 1. The average molecular weight is 550 g/mol. The van der Waals surface area contributed by atoms with Crippen LogP contribution in [0.5, 0.6) is 0 Å². The van der Waals surface area contributed by atoms with Crippen molar-refractivity contribution in [2.45, 2.75) is 55.2 Å². The number of carbonyl (C=O) groups is 3. The molecule has 7 atom stereocenters. The Labute approximate surface area is 230 Å². The molecule has 0 aromatic carbocycles. The highest BCUT2D eigenvalue weighted by atomic mass is 32.2. The lowest BCUT2D eigenvalue weighted by Crippen LogP contribution is -2.59. The van der Waals surface area contributed by atoms with Crippen LogP contribution >= 0.6 is 11.8 Å². The first-order chi connectivity index (χ1) is 18.3. The molecule has 1 spiro atoms. The van der Waals surface area contributed by atoms with Crippen LogP contribution in [0, 0.1) is 17.8 Å². The van der Waals surface area contributed by atoms with Gasteiger partial charge in [0, 0.05) is 38.0 Å². The summed E-state index contributed by atoms with van der Waals surface area (Å²) >= 11 is 1.63. The van der Waals surface area contributed by atoms with E-state index in [-0.39, 0.29) is 42.2 Å². The number of nitrogens with zero attached hydrogens (tertiary/aromatic N) is 3. The maximum atomic E-state index is 14.5. The normalized spacial score (nSPS) is 33.2. The van der Waals surface area contributed by atoms with E-state index in [9.17, 15) is 19.5 Å². The van der Waals surface area contributed by atoms with E-state index in [4.69, 9.17) is 9.47 Å². The monoisotopic (exact) mass is 549 g/mol. The summed E-state index contributed by atoms with van der Waals surface area (Å²) < 4.78 is 10.3. The van der Waals surface area contributed by atoms with Crippen molar-refractivity contribution in [2.75, 3.05) is 59.2 Å². The molecule has 4 saturated heterocycles. The quantitative estimate of drug-likeness (QED) is 0.210. The van der Waals surface area contributed by atoms with E-state index in [1.807, 2.05) is 6.92 Å². The van der Waals surface area contributed by atoms with Crippen molar-refractivity contribution in [3.63, 3.8) is 0 Å². The van der Waals surface area contributed by atoms with Gasteiger partial charge in [-0.15, -0.1) is 24.9 Å². The Hall–Kier alpha value is -1.88. The maximum absolute atomic E-state index is 14.5. The van der Waals surface area contributed by atoms with Gasteiger partial charge < -0.3 is 24.4 Å². The number of amides is 2. The standard InChI is InChI=1S/C28H43N3O6S/c1-5-8-14-37-27(35)22-21-17-19(4)28(38-21)23(22)25(33)31(20(7-3)18-32)24(28)26(34)30(9-6-2)11-10-29-12-15-36-16-13-29/h5-6,19-24,32H,1-2,7-18H2,3-4H3/t19?,20-,21-,22+,23-,24?,28?/m0/s1. The molecule has 0 aromatic rings. The minimum absolute atomic E-state index is 0.0589. The molecule has 2 amide bonds. The van der Waals surface area contributed by atoms with Crippen LogP contribution in [0.15, 0.2) is 25.3 Å². The fourth-order valence-electron chi connectivity index (χ4n) is 6.86. The van der Waals surface area contributed by atoms with Crippen LogP contribution < -0.4 is 0 Å². The molecule has 212 valence electrons. The number of aliphatic hydroxyl groups is 1. The minimum Gasteiger partial charge on any atom is -0.465 e. The largest absolute Gasteiger partial charge is 0.465 e. The van der Waals surface area contributed by atoms with Gasteiger partial charge in [-0.2, -0.15) is 0 Å². The first kappa shape index (κ1) is 29.1. The number of likely N-dealkylation sites (tertiary alicyclic amines) is 1. The molecule has 0 saturated carbocycles. The van der Waals surface area contributed by atoms with Gasteiger partial charge in [0.1, 0.15) is 6.04 Å². The van der Waals surface area contributed by atoms with Crippen molar-refractivity contribution in [2.24, 2.45) is 17.8 Å². The summed E-state index contributed by atoms with van der Waals surface area (Å²) in [6, 6.07) is -1.25. The van der Waals surface area contributed by atoms with Crippen molar-refractivity contribution in [3.05, 3.63) is 25.3 Å². The molecule has 4 aliphatic heterocycles. The van der Waals surface area contributed by atoms with Crippen molar-refractivity contribution in [1.82, 2.24) is 14.7 Å². The number of rotatable bonds is 13. The number of fused-ring (bicyclic) bond motifs is 1. The van der Waals surface area contributed by atoms with E-state index in [1.165, 1.54) is 0 Å². The molecule has 0 radical (unpaired) electrons. The average Bonchev–Trinajstić information content (AvgIpc) is 3.51. The van der Waals surface area contributed by atoms with Gasteiger partial charge >= 0.3 is 5.97 Å². The number of carbonyl (C=O) groups excluding carboxylic acids is 3. The molecule has 9 nitrogen and oxygen atoms in total. The van der Waals surface area contributed by atoms with Gasteiger partial charge in [0.2, 0.25) is 11.8 Å². The minimum atomic E-state index is -0.752. The number of ether oxygens (including phenoxy) is 2. The van der Waals surface area contributed by atoms with Crippen LogP contribution in [0.25, 0.3) is 0 Å². The summed E-state index contributed by atoms with van der Waals surface area (Å²) in [4.78, 5) is 47.7. The van der Waals surface area contributed by atoms with Crippen LogP contribution in [0.1, 0.15) is 33.1 Å². The van der Waals surface area contributed by atoms with Crippen LogP contribution in [-0.2, 0) is 23.9 Å². The highest BCUT2D eigenvalue weighted by Crippen LogP contribution is 2.69. The first-order valence-corrected chi connectivity index (χ1v) is 14.8. The van der Waals surface area contributed by atoms with Crippen LogP contribution in [0.3, 0.4) is 0 Å². The lowest BCUT2D eigenvalue weighted by Gasteiger charge is -2.42. The number of hydrogen-bond donors (Lipinski definition) is 1. The number of hydrogen-bond acceptors (Lipinski definition) is 8. The predicted octanol–water partition coefficient (Wildman–Crippen LogP) is 1.56. The van der Waals surface area contributed by atoms with Crippen LogP contribution in [0.4, 0.5) is 0 Å². The molecule has 4 heterocycles. The number of esters is 1. The summed E-state index contributed by atoms with van der Waals surface area (Å²) in [6.45, 7) is 16.2. The number of thioether (sulfide) groups is 1. The van der Waals surface area contributed by atoms with Gasteiger partial charge in [0.25, 0.3) is 0 Å². The first-order valence-electron chi connectivity index (χ1n) is 13.9. The molecule has 4 rings (SSSR count). The SMILES string of the molecule is C=CCCOC(=O)[C@@H]1[C@@H]2CC(C)C3(S2)C(C(=O)N(CC=C)CCN2CCOCC2)N([C@@H](CC)CO)C(=O)[C@H]13. The molecule has 1 N–H and O–H groups in total. The van der Waals surface area contributed by atoms with E-state index in [2.05, 4.69) is 25.0 Å². The van der Waals surface area contributed by atoms with Crippen LogP contribution in [0.2, 0.25) is 0 Å². The predicted molar refractivity (Wildman–Crippen MR) is 146 cm³/mol. The van der Waals surface area contributed by atoms with E-state index in [1.54, 1.807) is 33.7 Å². The lowest BCUT2D eigenvalue weighted by molar-refractivity contribution is -0.155. The van der Waals surface area contributed by atoms with Crippen molar-refractivity contribution < 1.29 is 29.0 Å². The Balaban J connectivity index is 1.67. The molecule has 4 aliphatic rings. The van der Waals surface area contributed by atoms with Gasteiger partial charge in [0.05, 0.1) is 49.1 Å². The number of aliphatic hydroxyl groups excluding tert-OH is 1. The molecule has 2 bridgehead atoms. The van der Waals surface area contributed by atoms with Crippen LogP contribution in [-0.4, -0.2) is 119 Å². The summed E-state index contributed by atoms with van der Waals surface area (Å²) in [5, 5.41) is 10.2. The second-order valence-electron chi connectivity index (χ2n) is 10.8. The molecule has 0 aliphatic carbocycles. The fourth-order valence-corrected chi connectivity index (χ4v) is 9.25. The van der Waals surface area contributed by atoms with Crippen molar-refractivity contribution >= 4 is 29.5 Å². The Kier molecular flexibility index (Phi) is 9.60. The maximum Gasteiger partial charge on any atom is 0.310 e. The highest BCUT2D eigenvalue weighted by molar-refractivity contribution is 8.02. The van der Waals surface area contributed by atoms with Gasteiger partial charge in [-0.3, -0.25) is 19.3 Å². The zero-order valence-corrected chi connectivity index (χ0v) is 23.6. The van der Waals surface area contributed by atoms with Gasteiger partial charge in [-0.1, -0.05) is 26.0 Å². The molecule has 4 fully saturated rings. The Morgan fingerprint density at radius 2 is 2.05 bits per heavy atom. The lowest BCUT2D eigenvalue weighted by atomic mass is 9.66. The molecular weight excluding hydrogens is 506 g/mol. The zero-order chi connectivity index (χ0) is 27.4. The Morgan fingerprint density at radius 1 is 1.32 bits per heavy atom. The Morgan fingerprint density at radius 3 is 2.68 bits per heavy atom. The molecule has 0 aromatic heterocycles. The third kappa shape index (κ3) is 5.05. The van der Waals surface area contributed by atoms with E-state index < -0.39 is 28.7 Å². The van der Waals surface area contributed by atoms with E-state index in [0.717, 1.165) is 19.5 Å². The Bertz CT molecular complexity index is 907. The van der Waals surface area contributed by atoms with Crippen molar-refractivity contribution in [1.29, 1.82) is 0 Å². The molecule has 38 heavy (non-hydrogen) atoms. The summed E-state index contributed by atoms with van der Waals surface area (Å²) in [6.07, 6.45) is 5.23. The van der Waals surface area contributed by atoms with Gasteiger partial charge in [-0.25, -0.2) is 0 Å². The molecule has 3 unspecified atom stereocenters. The van der Waals surface area contributed by atoms with Crippen molar-refractivity contribution in [3.8, 4) is 0 Å². The zero-order valence-electron chi connectivity index (χ0n) is 22.8. The second kappa shape index (κ2) is 12.5. The van der Waals surface area contributed by atoms with Gasteiger partial charge in [-0.05, 0) is 25.2 Å². The summed E-state index contributed by atoms with van der Waals surface area (Å²) in [5.74, 6) is -1.87. The smallest absolute Gasteiger partial charge is 0.310 e. The second-order valence-corrected chi connectivity index (χ2v) is 12.4. The van der Waals surface area contributed by atoms with E-state index >= 15 is 0 Å². The topological polar surface area (TPSA) is 99.6 Å². The fraction of sp³-hybridized carbons (Fsp3) is 0.750.